The standard InChI is InChI=1S/C7H13NO3/c1-10-7(6(8)9)4-2-3-5-11-7/h2-5H2,1H3,(H2,8,9). The van der Waals surface area contributed by atoms with E-state index in [4.69, 9.17) is 15.2 Å². The molecule has 0 radical (unpaired) electrons. The fourth-order valence-corrected chi connectivity index (χ4v) is 1.22. The lowest BCUT2D eigenvalue weighted by molar-refractivity contribution is -0.231. The molecule has 4 nitrogen and oxygen atoms in total. The summed E-state index contributed by atoms with van der Waals surface area (Å²) in [4.78, 5) is 10.9. The van der Waals surface area contributed by atoms with Gasteiger partial charge in [0, 0.05) is 13.5 Å². The number of carbonyl (C=O) groups is 1. The third-order valence-corrected chi connectivity index (χ3v) is 1.94. The van der Waals surface area contributed by atoms with Crippen LogP contribution in [0.25, 0.3) is 0 Å². The molecule has 4 heteroatoms. The minimum Gasteiger partial charge on any atom is -0.365 e. The van der Waals surface area contributed by atoms with E-state index in [1.54, 1.807) is 0 Å². The Morgan fingerprint density at radius 3 is 2.64 bits per heavy atom. The molecule has 0 aliphatic carbocycles. The van der Waals surface area contributed by atoms with Crippen molar-refractivity contribution in [1.29, 1.82) is 0 Å². The van der Waals surface area contributed by atoms with Crippen LogP contribution in [0.1, 0.15) is 19.3 Å². The van der Waals surface area contributed by atoms with Crippen molar-refractivity contribution in [3.63, 3.8) is 0 Å². The van der Waals surface area contributed by atoms with Crippen LogP contribution in [0.5, 0.6) is 0 Å². The molecule has 1 heterocycles. The van der Waals surface area contributed by atoms with Gasteiger partial charge in [0.2, 0.25) is 5.79 Å². The number of nitrogens with two attached hydrogens (primary N) is 1. The molecule has 1 saturated heterocycles. The maximum absolute atomic E-state index is 10.9. The van der Waals surface area contributed by atoms with Crippen LogP contribution in [0, 0.1) is 0 Å². The van der Waals surface area contributed by atoms with E-state index in [-0.39, 0.29) is 0 Å². The van der Waals surface area contributed by atoms with E-state index >= 15 is 0 Å². The zero-order valence-corrected chi connectivity index (χ0v) is 6.63. The highest BCUT2D eigenvalue weighted by atomic mass is 16.7. The Bertz CT molecular complexity index is 152. The SMILES string of the molecule is COC1(C(N)=O)CCCCO1. The molecule has 1 amide bonds. The minimum absolute atomic E-state index is 0.528. The Labute approximate surface area is 65.7 Å². The molecule has 0 aromatic rings. The van der Waals surface area contributed by atoms with Gasteiger partial charge in [0.1, 0.15) is 0 Å². The summed E-state index contributed by atoms with van der Waals surface area (Å²) in [6, 6.07) is 0. The highest BCUT2D eigenvalue weighted by molar-refractivity contribution is 5.81. The zero-order valence-electron chi connectivity index (χ0n) is 6.63. The number of rotatable bonds is 2. The molecule has 2 N–H and O–H groups in total. The van der Waals surface area contributed by atoms with E-state index in [2.05, 4.69) is 0 Å². The molecule has 1 rings (SSSR count). The largest absolute Gasteiger partial charge is 0.365 e. The molecule has 0 saturated carbocycles. The van der Waals surface area contributed by atoms with E-state index in [1.807, 2.05) is 0 Å². The zero-order chi connectivity index (χ0) is 8.32. The fraction of sp³-hybridized carbons (Fsp3) is 0.857. The first-order valence-electron chi connectivity index (χ1n) is 3.70. The van der Waals surface area contributed by atoms with Crippen LogP contribution in [0.15, 0.2) is 0 Å². The topological polar surface area (TPSA) is 61.5 Å². The normalized spacial score (nSPS) is 31.7. The van der Waals surface area contributed by atoms with E-state index < -0.39 is 11.7 Å². The number of carbonyl (C=O) groups excluding carboxylic acids is 1. The van der Waals surface area contributed by atoms with E-state index in [9.17, 15) is 4.79 Å². The van der Waals surface area contributed by atoms with E-state index in [0.717, 1.165) is 12.8 Å². The Hall–Kier alpha value is -0.610. The molecule has 0 aromatic carbocycles. The van der Waals surface area contributed by atoms with Gasteiger partial charge in [-0.3, -0.25) is 4.79 Å². The van der Waals surface area contributed by atoms with Crippen LogP contribution in [0.2, 0.25) is 0 Å². The summed E-state index contributed by atoms with van der Waals surface area (Å²) < 4.78 is 10.1. The molecule has 0 aromatic heterocycles. The van der Waals surface area contributed by atoms with Gasteiger partial charge in [-0.1, -0.05) is 0 Å². The van der Waals surface area contributed by atoms with Crippen molar-refractivity contribution < 1.29 is 14.3 Å². The molecular weight excluding hydrogens is 146 g/mol. The highest BCUT2D eigenvalue weighted by Gasteiger charge is 2.39. The lowest BCUT2D eigenvalue weighted by Gasteiger charge is -2.32. The lowest BCUT2D eigenvalue weighted by Crippen LogP contribution is -2.49. The molecule has 0 bridgehead atoms. The second kappa shape index (κ2) is 3.19. The van der Waals surface area contributed by atoms with Crippen molar-refractivity contribution in [2.24, 2.45) is 5.73 Å². The molecule has 1 aliphatic heterocycles. The lowest BCUT2D eigenvalue weighted by atomic mass is 10.1. The second-order valence-corrected chi connectivity index (χ2v) is 2.63. The Kier molecular flexibility index (Phi) is 2.46. The van der Waals surface area contributed by atoms with E-state index in [0.29, 0.717) is 13.0 Å². The first-order chi connectivity index (χ1) is 5.21. The number of amides is 1. The van der Waals surface area contributed by atoms with Crippen LogP contribution in [0.3, 0.4) is 0 Å². The van der Waals surface area contributed by atoms with Crippen LogP contribution in [-0.4, -0.2) is 25.4 Å². The van der Waals surface area contributed by atoms with Crippen LogP contribution < -0.4 is 5.73 Å². The number of hydrogen-bond donors (Lipinski definition) is 1. The molecule has 1 fully saturated rings. The van der Waals surface area contributed by atoms with Crippen LogP contribution in [-0.2, 0) is 14.3 Å². The van der Waals surface area contributed by atoms with Gasteiger partial charge in [0.05, 0.1) is 6.61 Å². The van der Waals surface area contributed by atoms with Crippen molar-refractivity contribution >= 4 is 5.91 Å². The summed E-state index contributed by atoms with van der Waals surface area (Å²) in [6.07, 6.45) is 2.47. The Balaban J connectivity index is 2.64. The molecular formula is C7H13NO3. The maximum atomic E-state index is 10.9. The molecule has 1 aliphatic rings. The predicted molar refractivity (Wildman–Crippen MR) is 38.7 cm³/mol. The van der Waals surface area contributed by atoms with Crippen molar-refractivity contribution in [3.8, 4) is 0 Å². The maximum Gasteiger partial charge on any atom is 0.277 e. The summed E-state index contributed by atoms with van der Waals surface area (Å²) in [5.74, 6) is -1.67. The summed E-state index contributed by atoms with van der Waals surface area (Å²) in [5.41, 5.74) is 5.12. The molecule has 1 atom stereocenters. The summed E-state index contributed by atoms with van der Waals surface area (Å²) in [5, 5.41) is 0. The summed E-state index contributed by atoms with van der Waals surface area (Å²) in [7, 11) is 1.44. The molecule has 11 heavy (non-hydrogen) atoms. The monoisotopic (exact) mass is 159 g/mol. The average molecular weight is 159 g/mol. The van der Waals surface area contributed by atoms with Gasteiger partial charge < -0.3 is 15.2 Å². The number of primary amides is 1. The second-order valence-electron chi connectivity index (χ2n) is 2.63. The van der Waals surface area contributed by atoms with Gasteiger partial charge in [-0.15, -0.1) is 0 Å². The molecule has 0 spiro atoms. The van der Waals surface area contributed by atoms with Crippen molar-refractivity contribution in [2.75, 3.05) is 13.7 Å². The highest BCUT2D eigenvalue weighted by Crippen LogP contribution is 2.24. The minimum atomic E-state index is -1.14. The fourth-order valence-electron chi connectivity index (χ4n) is 1.22. The summed E-state index contributed by atoms with van der Waals surface area (Å²) >= 11 is 0. The van der Waals surface area contributed by atoms with E-state index in [1.165, 1.54) is 7.11 Å². The Morgan fingerprint density at radius 2 is 2.36 bits per heavy atom. The third kappa shape index (κ3) is 1.52. The third-order valence-electron chi connectivity index (χ3n) is 1.94. The number of methoxy groups -OCH3 is 1. The van der Waals surface area contributed by atoms with Gasteiger partial charge in [-0.05, 0) is 12.8 Å². The van der Waals surface area contributed by atoms with Gasteiger partial charge in [0.15, 0.2) is 0 Å². The van der Waals surface area contributed by atoms with Gasteiger partial charge in [-0.2, -0.15) is 0 Å². The molecule has 64 valence electrons. The molecule has 1 unspecified atom stereocenters. The first-order valence-corrected chi connectivity index (χ1v) is 3.70. The Morgan fingerprint density at radius 1 is 1.64 bits per heavy atom. The number of hydrogen-bond acceptors (Lipinski definition) is 3. The van der Waals surface area contributed by atoms with Crippen molar-refractivity contribution in [2.45, 2.75) is 25.0 Å². The predicted octanol–water partition coefficient (Wildman–Crippen LogP) is 0.0149. The van der Waals surface area contributed by atoms with Crippen LogP contribution >= 0.6 is 0 Å². The summed E-state index contributed by atoms with van der Waals surface area (Å²) in [6.45, 7) is 0.552. The average Bonchev–Trinajstić information content (AvgIpc) is 2.05. The van der Waals surface area contributed by atoms with Crippen molar-refractivity contribution in [1.82, 2.24) is 0 Å². The quantitative estimate of drug-likeness (QED) is 0.617. The smallest absolute Gasteiger partial charge is 0.277 e. The van der Waals surface area contributed by atoms with Gasteiger partial charge in [-0.25, -0.2) is 0 Å². The first kappa shape index (κ1) is 8.49. The van der Waals surface area contributed by atoms with Gasteiger partial charge in [0.25, 0.3) is 5.91 Å². The number of ether oxygens (including phenoxy) is 2. The van der Waals surface area contributed by atoms with Gasteiger partial charge >= 0.3 is 0 Å². The van der Waals surface area contributed by atoms with Crippen LogP contribution in [0.4, 0.5) is 0 Å². The van der Waals surface area contributed by atoms with Crippen molar-refractivity contribution in [3.05, 3.63) is 0 Å².